The number of hydrogen-bond donors (Lipinski definition) is 1. The first-order valence-electron chi connectivity index (χ1n) is 5.57. The van der Waals surface area contributed by atoms with Crippen molar-refractivity contribution in [1.29, 1.82) is 0 Å². The fraction of sp³-hybridized carbons (Fsp3) is 1.00. The summed E-state index contributed by atoms with van der Waals surface area (Å²) < 4.78 is 28.1. The quantitative estimate of drug-likeness (QED) is 0.719. The van der Waals surface area contributed by atoms with Gasteiger partial charge in [0.15, 0.2) is 0 Å². The molecule has 98 valence electrons. The zero-order valence-electron chi connectivity index (χ0n) is 10.7. The van der Waals surface area contributed by atoms with Gasteiger partial charge in [0.2, 0.25) is 0 Å². The molecule has 0 heterocycles. The average molecular weight is 271 g/mol. The Balaban J connectivity index is 4.94. The second kappa shape index (κ2) is 6.19. The minimum Gasteiger partial charge on any atom is -0.195 e. The van der Waals surface area contributed by atoms with Crippen LogP contribution >= 0.6 is 11.6 Å². The fourth-order valence-electron chi connectivity index (χ4n) is 1.23. The van der Waals surface area contributed by atoms with Crippen LogP contribution in [0.3, 0.4) is 0 Å². The summed E-state index contributed by atoms with van der Waals surface area (Å²) in [4.78, 5) is 0. The predicted octanol–water partition coefficient (Wildman–Crippen LogP) is 1.96. The van der Waals surface area contributed by atoms with Gasteiger partial charge in [0.25, 0.3) is 10.2 Å². The molecular weight excluding hydrogens is 248 g/mol. The van der Waals surface area contributed by atoms with Crippen LogP contribution in [0.1, 0.15) is 40.5 Å². The third-order valence-electron chi connectivity index (χ3n) is 3.06. The number of halogens is 1. The summed E-state index contributed by atoms with van der Waals surface area (Å²) in [5.74, 6) is 0.283. The maximum Gasteiger partial charge on any atom is 0.279 e. The van der Waals surface area contributed by atoms with E-state index in [0.717, 1.165) is 0 Å². The summed E-state index contributed by atoms with van der Waals surface area (Å²) >= 11 is 5.87. The van der Waals surface area contributed by atoms with Crippen LogP contribution in [-0.2, 0) is 10.2 Å². The summed E-state index contributed by atoms with van der Waals surface area (Å²) in [6.07, 6.45) is 1.36. The highest BCUT2D eigenvalue weighted by atomic mass is 35.5. The Morgan fingerprint density at radius 3 is 2.00 bits per heavy atom. The van der Waals surface area contributed by atoms with Crippen LogP contribution in [0.2, 0.25) is 0 Å². The average Bonchev–Trinajstić information content (AvgIpc) is 2.24. The van der Waals surface area contributed by atoms with Crippen LogP contribution in [0.15, 0.2) is 0 Å². The Kier molecular flexibility index (Phi) is 6.25. The normalized spacial score (nSPS) is 13.8. The molecule has 0 aliphatic rings. The topological polar surface area (TPSA) is 49.4 Å². The maximum atomic E-state index is 12.0. The maximum absolute atomic E-state index is 12.0. The molecule has 0 amide bonds. The Bertz CT molecular complexity index is 292. The molecule has 1 N–H and O–H groups in total. The fourth-order valence-corrected chi connectivity index (χ4v) is 3.36. The molecule has 0 radical (unpaired) electrons. The van der Waals surface area contributed by atoms with Crippen LogP contribution in [-0.4, -0.2) is 37.2 Å². The first-order chi connectivity index (χ1) is 7.24. The molecule has 6 heteroatoms. The molecule has 0 saturated heterocycles. The summed E-state index contributed by atoms with van der Waals surface area (Å²) in [6, 6.07) is -0.0702. The van der Waals surface area contributed by atoms with Gasteiger partial charge in [-0.05, 0) is 26.7 Å². The van der Waals surface area contributed by atoms with Crippen molar-refractivity contribution in [3.63, 3.8) is 0 Å². The van der Waals surface area contributed by atoms with E-state index in [1.54, 1.807) is 7.05 Å². The van der Waals surface area contributed by atoms with Crippen LogP contribution in [0, 0.1) is 0 Å². The molecule has 4 nitrogen and oxygen atoms in total. The van der Waals surface area contributed by atoms with Gasteiger partial charge in [0.1, 0.15) is 0 Å². The van der Waals surface area contributed by atoms with E-state index < -0.39 is 15.7 Å². The van der Waals surface area contributed by atoms with Gasteiger partial charge in [0.05, 0.1) is 0 Å². The van der Waals surface area contributed by atoms with E-state index in [-0.39, 0.29) is 11.9 Å². The first-order valence-corrected chi connectivity index (χ1v) is 7.55. The Labute approximate surface area is 105 Å². The third-order valence-corrected chi connectivity index (χ3v) is 5.44. The van der Waals surface area contributed by atoms with E-state index in [1.165, 1.54) is 4.31 Å². The van der Waals surface area contributed by atoms with E-state index >= 15 is 0 Å². The number of nitrogens with one attached hydrogen (secondary N) is 1. The highest BCUT2D eigenvalue weighted by molar-refractivity contribution is 7.87. The Morgan fingerprint density at radius 1 is 1.31 bits per heavy atom. The number of rotatable bonds is 7. The molecule has 0 aliphatic heterocycles. The van der Waals surface area contributed by atoms with E-state index in [4.69, 9.17) is 11.6 Å². The van der Waals surface area contributed by atoms with Crippen molar-refractivity contribution >= 4 is 21.8 Å². The molecule has 0 unspecified atom stereocenters. The molecule has 0 rings (SSSR count). The van der Waals surface area contributed by atoms with Crippen molar-refractivity contribution < 1.29 is 8.42 Å². The summed E-state index contributed by atoms with van der Waals surface area (Å²) in [5, 5.41) is 0. The first kappa shape index (κ1) is 16.2. The standard InChI is InChI=1S/C10H23ClN2O2S/c1-6-10(7-2,8-11)12-16(14,15)13(5)9(3)4/h9,12H,6-8H2,1-5H3. The largest absolute Gasteiger partial charge is 0.279 e. The van der Waals surface area contributed by atoms with Crippen molar-refractivity contribution in [1.82, 2.24) is 9.03 Å². The zero-order chi connectivity index (χ0) is 13.0. The second-order valence-electron chi connectivity index (χ2n) is 4.34. The lowest BCUT2D eigenvalue weighted by Crippen LogP contribution is -2.54. The van der Waals surface area contributed by atoms with Crippen molar-refractivity contribution in [2.75, 3.05) is 12.9 Å². The Morgan fingerprint density at radius 2 is 1.75 bits per heavy atom. The monoisotopic (exact) mass is 270 g/mol. The summed E-state index contributed by atoms with van der Waals surface area (Å²) in [5.41, 5.74) is -0.538. The number of hydrogen-bond acceptors (Lipinski definition) is 2. The van der Waals surface area contributed by atoms with Gasteiger partial charge in [-0.25, -0.2) is 0 Å². The van der Waals surface area contributed by atoms with Gasteiger partial charge < -0.3 is 0 Å². The SMILES string of the molecule is CCC(CC)(CCl)NS(=O)(=O)N(C)C(C)C. The van der Waals surface area contributed by atoms with Crippen molar-refractivity contribution in [3.8, 4) is 0 Å². The molecule has 0 fully saturated rings. The van der Waals surface area contributed by atoms with Crippen LogP contribution in [0.25, 0.3) is 0 Å². The lowest BCUT2D eigenvalue weighted by molar-refractivity contribution is 0.352. The van der Waals surface area contributed by atoms with E-state index in [0.29, 0.717) is 12.8 Å². The third kappa shape index (κ3) is 3.87. The molecule has 0 bridgehead atoms. The lowest BCUT2D eigenvalue weighted by Gasteiger charge is -2.33. The van der Waals surface area contributed by atoms with Crippen molar-refractivity contribution in [2.24, 2.45) is 0 Å². The minimum atomic E-state index is -3.45. The van der Waals surface area contributed by atoms with Crippen LogP contribution < -0.4 is 4.72 Å². The lowest BCUT2D eigenvalue weighted by atomic mass is 9.97. The smallest absolute Gasteiger partial charge is 0.195 e. The predicted molar refractivity (Wildman–Crippen MR) is 69.0 cm³/mol. The molecule has 0 aromatic carbocycles. The zero-order valence-corrected chi connectivity index (χ0v) is 12.3. The summed E-state index contributed by atoms with van der Waals surface area (Å²) in [6.45, 7) is 7.53. The molecule has 0 saturated carbocycles. The Hall–Kier alpha value is 0.160. The van der Waals surface area contributed by atoms with Gasteiger partial charge in [-0.2, -0.15) is 17.4 Å². The van der Waals surface area contributed by atoms with Gasteiger partial charge in [-0.15, -0.1) is 11.6 Å². The highest BCUT2D eigenvalue weighted by Crippen LogP contribution is 2.19. The van der Waals surface area contributed by atoms with Gasteiger partial charge in [0, 0.05) is 24.5 Å². The molecular formula is C10H23ClN2O2S. The van der Waals surface area contributed by atoms with Gasteiger partial charge in [-0.1, -0.05) is 13.8 Å². The van der Waals surface area contributed by atoms with Crippen LogP contribution in [0.5, 0.6) is 0 Å². The summed E-state index contributed by atoms with van der Waals surface area (Å²) in [7, 11) is -1.89. The molecule has 0 atom stereocenters. The number of nitrogens with zero attached hydrogens (tertiary/aromatic N) is 1. The van der Waals surface area contributed by atoms with Gasteiger partial charge >= 0.3 is 0 Å². The van der Waals surface area contributed by atoms with Crippen molar-refractivity contribution in [2.45, 2.75) is 52.1 Å². The molecule has 16 heavy (non-hydrogen) atoms. The molecule has 0 spiro atoms. The minimum absolute atomic E-state index is 0.0702. The second-order valence-corrected chi connectivity index (χ2v) is 6.34. The molecule has 0 aromatic heterocycles. The van der Waals surface area contributed by atoms with Crippen LogP contribution in [0.4, 0.5) is 0 Å². The van der Waals surface area contributed by atoms with E-state index in [1.807, 2.05) is 27.7 Å². The highest BCUT2D eigenvalue weighted by Gasteiger charge is 2.33. The number of alkyl halides is 1. The molecule has 0 aromatic rings. The van der Waals surface area contributed by atoms with Crippen molar-refractivity contribution in [3.05, 3.63) is 0 Å². The van der Waals surface area contributed by atoms with E-state index in [9.17, 15) is 8.42 Å². The van der Waals surface area contributed by atoms with Gasteiger partial charge in [-0.3, -0.25) is 0 Å². The molecule has 0 aliphatic carbocycles. The van der Waals surface area contributed by atoms with E-state index in [2.05, 4.69) is 4.72 Å².